The minimum Gasteiger partial charge on any atom is -0.334 e. The van der Waals surface area contributed by atoms with Gasteiger partial charge in [0.25, 0.3) is 5.91 Å². The molecule has 2 aromatic carbocycles. The van der Waals surface area contributed by atoms with Gasteiger partial charge in [-0.1, -0.05) is 58.4 Å². The van der Waals surface area contributed by atoms with E-state index in [2.05, 4.69) is 38.3 Å². The number of amides is 1. The molecule has 126 valence electrons. The molecule has 1 saturated heterocycles. The second-order valence-electron chi connectivity index (χ2n) is 6.30. The van der Waals surface area contributed by atoms with E-state index in [1.807, 2.05) is 53.4 Å². The third-order valence-electron chi connectivity index (χ3n) is 4.67. The molecule has 25 heavy (non-hydrogen) atoms. The van der Waals surface area contributed by atoms with Crippen molar-refractivity contribution in [1.29, 1.82) is 0 Å². The Morgan fingerprint density at radius 1 is 1.16 bits per heavy atom. The van der Waals surface area contributed by atoms with Crippen molar-refractivity contribution in [3.05, 3.63) is 76.4 Å². The molecule has 1 aliphatic rings. The second-order valence-corrected chi connectivity index (χ2v) is 7.22. The molecular weight excluding hydrogens is 378 g/mol. The average Bonchev–Trinajstić information content (AvgIpc) is 3.10. The van der Waals surface area contributed by atoms with Gasteiger partial charge in [-0.2, -0.15) is 5.10 Å². The van der Waals surface area contributed by atoms with E-state index in [0.29, 0.717) is 5.69 Å². The van der Waals surface area contributed by atoms with Crippen molar-refractivity contribution in [2.75, 3.05) is 6.54 Å². The van der Waals surface area contributed by atoms with Crippen molar-refractivity contribution in [2.45, 2.75) is 18.9 Å². The number of carbonyl (C=O) groups is 1. The first-order valence-electron chi connectivity index (χ1n) is 8.37. The third-order valence-corrected chi connectivity index (χ3v) is 5.20. The summed E-state index contributed by atoms with van der Waals surface area (Å²) in [7, 11) is 0. The molecule has 4 nitrogen and oxygen atoms in total. The molecule has 1 unspecified atom stereocenters. The fourth-order valence-electron chi connectivity index (χ4n) is 3.16. The fourth-order valence-corrected chi connectivity index (χ4v) is 3.43. The van der Waals surface area contributed by atoms with E-state index < -0.39 is 0 Å². The molecular formula is C20H18BrN3O. The molecule has 1 aliphatic heterocycles. The number of likely N-dealkylation sites (tertiary alicyclic amines) is 1. The monoisotopic (exact) mass is 395 g/mol. The number of hydrogen-bond acceptors (Lipinski definition) is 2. The van der Waals surface area contributed by atoms with Crippen molar-refractivity contribution in [1.82, 2.24) is 15.1 Å². The van der Waals surface area contributed by atoms with Crippen molar-refractivity contribution in [3.63, 3.8) is 0 Å². The van der Waals surface area contributed by atoms with Gasteiger partial charge in [0, 0.05) is 22.6 Å². The zero-order chi connectivity index (χ0) is 17.2. The van der Waals surface area contributed by atoms with Gasteiger partial charge >= 0.3 is 0 Å². The predicted molar refractivity (Wildman–Crippen MR) is 101 cm³/mol. The SMILES string of the molecule is O=C(c1cc(-c2ccc(Br)cc2)n[nH]1)N1CCC1Cc1ccccc1. The summed E-state index contributed by atoms with van der Waals surface area (Å²) in [6.07, 6.45) is 1.95. The number of benzene rings is 2. The largest absolute Gasteiger partial charge is 0.334 e. The Balaban J connectivity index is 1.47. The van der Waals surface area contributed by atoms with Gasteiger partial charge in [0.05, 0.1) is 5.69 Å². The molecule has 1 fully saturated rings. The maximum atomic E-state index is 12.8. The summed E-state index contributed by atoms with van der Waals surface area (Å²) in [5, 5.41) is 7.20. The van der Waals surface area contributed by atoms with Gasteiger partial charge in [0.15, 0.2) is 0 Å². The lowest BCUT2D eigenvalue weighted by molar-refractivity contribution is 0.0458. The number of rotatable bonds is 4. The topological polar surface area (TPSA) is 49.0 Å². The molecule has 0 saturated carbocycles. The van der Waals surface area contributed by atoms with E-state index in [1.165, 1.54) is 5.56 Å². The average molecular weight is 396 g/mol. The van der Waals surface area contributed by atoms with E-state index in [9.17, 15) is 4.79 Å². The Labute approximate surface area is 155 Å². The summed E-state index contributed by atoms with van der Waals surface area (Å²) in [6, 6.07) is 20.3. The molecule has 0 spiro atoms. The number of aromatic amines is 1. The number of aromatic nitrogens is 2. The smallest absolute Gasteiger partial charge is 0.272 e. The highest BCUT2D eigenvalue weighted by Crippen LogP contribution is 2.25. The number of carbonyl (C=O) groups excluding carboxylic acids is 1. The van der Waals surface area contributed by atoms with Crippen LogP contribution in [0.3, 0.4) is 0 Å². The first-order chi connectivity index (χ1) is 12.2. The van der Waals surface area contributed by atoms with Gasteiger partial charge in [-0.25, -0.2) is 0 Å². The van der Waals surface area contributed by atoms with Crippen molar-refractivity contribution in [3.8, 4) is 11.3 Å². The number of nitrogens with zero attached hydrogens (tertiary/aromatic N) is 2. The van der Waals surface area contributed by atoms with Crippen LogP contribution < -0.4 is 0 Å². The molecule has 5 heteroatoms. The number of H-pyrrole nitrogens is 1. The van der Waals surface area contributed by atoms with Crippen molar-refractivity contribution < 1.29 is 4.79 Å². The molecule has 3 aromatic rings. The zero-order valence-electron chi connectivity index (χ0n) is 13.7. The minimum absolute atomic E-state index is 0.0306. The van der Waals surface area contributed by atoms with Crippen LogP contribution >= 0.6 is 15.9 Å². The highest BCUT2D eigenvalue weighted by molar-refractivity contribution is 9.10. The van der Waals surface area contributed by atoms with Crippen LogP contribution in [0.1, 0.15) is 22.5 Å². The maximum Gasteiger partial charge on any atom is 0.272 e. The van der Waals surface area contributed by atoms with Crippen LogP contribution in [0.25, 0.3) is 11.3 Å². The molecule has 1 N–H and O–H groups in total. The Kier molecular flexibility index (Phi) is 4.40. The van der Waals surface area contributed by atoms with Crippen LogP contribution in [-0.4, -0.2) is 33.6 Å². The second kappa shape index (κ2) is 6.84. The van der Waals surface area contributed by atoms with Crippen molar-refractivity contribution in [2.24, 2.45) is 0 Å². The van der Waals surface area contributed by atoms with Gasteiger partial charge in [-0.3, -0.25) is 9.89 Å². The Bertz CT molecular complexity index is 873. The van der Waals surface area contributed by atoms with Gasteiger partial charge in [-0.05, 0) is 36.6 Å². The first-order valence-corrected chi connectivity index (χ1v) is 9.16. The van der Waals surface area contributed by atoms with Crippen LogP contribution in [0, 0.1) is 0 Å². The van der Waals surface area contributed by atoms with Gasteiger partial charge in [0.1, 0.15) is 5.69 Å². The molecule has 1 amide bonds. The lowest BCUT2D eigenvalue weighted by Crippen LogP contribution is -2.52. The lowest BCUT2D eigenvalue weighted by Gasteiger charge is -2.41. The summed E-state index contributed by atoms with van der Waals surface area (Å²) in [5.74, 6) is 0.0306. The van der Waals surface area contributed by atoms with E-state index in [1.54, 1.807) is 0 Å². The van der Waals surface area contributed by atoms with Crippen LogP contribution in [0.15, 0.2) is 65.1 Å². The van der Waals surface area contributed by atoms with Crippen molar-refractivity contribution >= 4 is 21.8 Å². The standard InChI is InChI=1S/C20H18BrN3O/c21-16-8-6-15(7-9-16)18-13-19(23-22-18)20(25)24-11-10-17(24)12-14-4-2-1-3-5-14/h1-9,13,17H,10-12H2,(H,22,23). The van der Waals surface area contributed by atoms with E-state index in [4.69, 9.17) is 0 Å². The lowest BCUT2D eigenvalue weighted by atomic mass is 9.94. The molecule has 0 radical (unpaired) electrons. The van der Waals surface area contributed by atoms with E-state index in [0.717, 1.165) is 35.1 Å². The van der Waals surface area contributed by atoms with E-state index >= 15 is 0 Å². The van der Waals surface area contributed by atoms with E-state index in [-0.39, 0.29) is 11.9 Å². The van der Waals surface area contributed by atoms with Gasteiger partial charge in [-0.15, -0.1) is 0 Å². The maximum absolute atomic E-state index is 12.8. The summed E-state index contributed by atoms with van der Waals surface area (Å²) in [5.41, 5.74) is 3.60. The summed E-state index contributed by atoms with van der Waals surface area (Å²) in [6.45, 7) is 0.809. The number of hydrogen-bond donors (Lipinski definition) is 1. The van der Waals surface area contributed by atoms with Gasteiger partial charge < -0.3 is 4.90 Å². The normalized spacial score (nSPS) is 16.5. The molecule has 0 bridgehead atoms. The molecule has 1 aromatic heterocycles. The Morgan fingerprint density at radius 3 is 2.60 bits per heavy atom. The first kappa shape index (κ1) is 16.1. The molecule has 1 atom stereocenters. The molecule has 4 rings (SSSR count). The Morgan fingerprint density at radius 2 is 1.92 bits per heavy atom. The highest BCUT2D eigenvalue weighted by atomic mass is 79.9. The summed E-state index contributed by atoms with van der Waals surface area (Å²) in [4.78, 5) is 14.7. The molecule has 0 aliphatic carbocycles. The quantitative estimate of drug-likeness (QED) is 0.715. The summed E-state index contributed by atoms with van der Waals surface area (Å²) < 4.78 is 1.02. The highest BCUT2D eigenvalue weighted by Gasteiger charge is 2.33. The zero-order valence-corrected chi connectivity index (χ0v) is 15.2. The van der Waals surface area contributed by atoms with Crippen LogP contribution in [0.4, 0.5) is 0 Å². The molecule has 2 heterocycles. The number of nitrogens with one attached hydrogen (secondary N) is 1. The van der Waals surface area contributed by atoms with Crippen LogP contribution in [0.2, 0.25) is 0 Å². The fraction of sp³-hybridized carbons (Fsp3) is 0.200. The van der Waals surface area contributed by atoms with Crippen LogP contribution in [0.5, 0.6) is 0 Å². The predicted octanol–water partition coefficient (Wildman–Crippen LogP) is 4.30. The number of halogens is 1. The van der Waals surface area contributed by atoms with Crippen LogP contribution in [-0.2, 0) is 6.42 Å². The summed E-state index contributed by atoms with van der Waals surface area (Å²) >= 11 is 3.43. The third kappa shape index (κ3) is 3.37. The van der Waals surface area contributed by atoms with Gasteiger partial charge in [0.2, 0.25) is 0 Å². The Hall–Kier alpha value is -2.40. The minimum atomic E-state index is 0.0306.